The Hall–Kier alpha value is -3.39. The molecule has 0 spiro atoms. The van der Waals surface area contributed by atoms with Crippen LogP contribution in [-0.4, -0.2) is 4.98 Å². The van der Waals surface area contributed by atoms with Crippen molar-refractivity contribution in [3.8, 4) is 22.4 Å². The van der Waals surface area contributed by atoms with Crippen LogP contribution in [0.4, 0.5) is 0 Å². The van der Waals surface area contributed by atoms with Gasteiger partial charge in [0, 0.05) is 22.5 Å². The van der Waals surface area contributed by atoms with Crippen molar-refractivity contribution in [2.45, 2.75) is 38.5 Å². The monoisotopic (exact) mass is 417 g/mol. The van der Waals surface area contributed by atoms with Gasteiger partial charge in [-0.15, -0.1) is 0 Å². The van der Waals surface area contributed by atoms with Gasteiger partial charge in [0.1, 0.15) is 11.2 Å². The lowest BCUT2D eigenvalue weighted by atomic mass is 9.85. The lowest BCUT2D eigenvalue weighted by Crippen LogP contribution is -2.09. The second kappa shape index (κ2) is 8.27. The summed E-state index contributed by atoms with van der Waals surface area (Å²) < 4.78 is 6.21. The second-order valence-electron chi connectivity index (χ2n) is 9.15. The van der Waals surface area contributed by atoms with Gasteiger partial charge in [0.05, 0.1) is 5.69 Å². The Labute approximate surface area is 188 Å². The summed E-state index contributed by atoms with van der Waals surface area (Å²) >= 11 is 0. The molecule has 0 radical (unpaired) electrons. The lowest BCUT2D eigenvalue weighted by Gasteiger charge is -2.21. The molecular formula is C30H27NO. The van der Waals surface area contributed by atoms with Crippen molar-refractivity contribution < 1.29 is 4.42 Å². The van der Waals surface area contributed by atoms with Crippen molar-refractivity contribution in [2.75, 3.05) is 0 Å². The van der Waals surface area contributed by atoms with Crippen LogP contribution in [0.1, 0.15) is 37.7 Å². The standard InChI is InChI=1S/C30H27NO/c1-3-7-21(8-4-1)17-22-15-16-31-28(18-22)25-12-14-29-27(19-25)26-13-11-24(20-30(26)32-29)23-9-5-2-6-10-23/h2,5-6,9-16,18-21H,1,3-4,7-8,17H2. The first-order valence-electron chi connectivity index (χ1n) is 11.8. The second-order valence-corrected chi connectivity index (χ2v) is 9.15. The van der Waals surface area contributed by atoms with Crippen molar-refractivity contribution >= 4 is 21.9 Å². The van der Waals surface area contributed by atoms with Crippen LogP contribution in [0.5, 0.6) is 0 Å². The van der Waals surface area contributed by atoms with Crippen molar-refractivity contribution in [1.29, 1.82) is 0 Å². The number of benzene rings is 3. The van der Waals surface area contributed by atoms with Gasteiger partial charge in [0.25, 0.3) is 0 Å². The van der Waals surface area contributed by atoms with E-state index in [9.17, 15) is 0 Å². The van der Waals surface area contributed by atoms with E-state index in [-0.39, 0.29) is 0 Å². The van der Waals surface area contributed by atoms with E-state index >= 15 is 0 Å². The van der Waals surface area contributed by atoms with Gasteiger partial charge in [0.15, 0.2) is 0 Å². The van der Waals surface area contributed by atoms with E-state index < -0.39 is 0 Å². The molecule has 1 fully saturated rings. The zero-order chi connectivity index (χ0) is 21.3. The number of fused-ring (bicyclic) bond motifs is 3. The van der Waals surface area contributed by atoms with Crippen molar-refractivity contribution in [3.05, 3.63) is 90.6 Å². The van der Waals surface area contributed by atoms with Crippen LogP contribution < -0.4 is 0 Å². The first-order valence-corrected chi connectivity index (χ1v) is 11.8. The zero-order valence-corrected chi connectivity index (χ0v) is 18.3. The molecule has 6 rings (SSSR count). The van der Waals surface area contributed by atoms with Crippen LogP contribution in [0.25, 0.3) is 44.3 Å². The fourth-order valence-electron chi connectivity index (χ4n) is 5.23. The van der Waals surface area contributed by atoms with Crippen LogP contribution in [0.3, 0.4) is 0 Å². The van der Waals surface area contributed by atoms with Crippen LogP contribution in [0.2, 0.25) is 0 Å². The van der Waals surface area contributed by atoms with E-state index in [2.05, 4.69) is 72.8 Å². The summed E-state index contributed by atoms with van der Waals surface area (Å²) in [4.78, 5) is 4.70. The number of aromatic nitrogens is 1. The molecule has 32 heavy (non-hydrogen) atoms. The highest BCUT2D eigenvalue weighted by Gasteiger charge is 2.15. The molecule has 2 heterocycles. The molecule has 0 unspecified atom stereocenters. The molecule has 5 aromatic rings. The molecule has 3 aromatic carbocycles. The summed E-state index contributed by atoms with van der Waals surface area (Å²) in [7, 11) is 0. The molecule has 1 saturated carbocycles. The van der Waals surface area contributed by atoms with Crippen molar-refractivity contribution in [2.24, 2.45) is 5.92 Å². The normalized spacial score (nSPS) is 14.9. The van der Waals surface area contributed by atoms with E-state index in [1.54, 1.807) is 0 Å². The van der Waals surface area contributed by atoms with Crippen LogP contribution in [-0.2, 0) is 6.42 Å². The van der Waals surface area contributed by atoms with E-state index in [1.165, 1.54) is 55.2 Å². The average Bonchev–Trinajstić information content (AvgIpc) is 3.22. The molecular weight excluding hydrogens is 390 g/mol. The summed E-state index contributed by atoms with van der Waals surface area (Å²) in [5, 5.41) is 2.30. The third-order valence-corrected chi connectivity index (χ3v) is 6.95. The van der Waals surface area contributed by atoms with E-state index in [1.807, 2.05) is 12.3 Å². The molecule has 2 aromatic heterocycles. The molecule has 2 heteroatoms. The summed E-state index contributed by atoms with van der Waals surface area (Å²) in [5.41, 5.74) is 7.84. The minimum atomic E-state index is 0.832. The van der Waals surface area contributed by atoms with Crippen LogP contribution in [0.15, 0.2) is 89.5 Å². The van der Waals surface area contributed by atoms with E-state index in [4.69, 9.17) is 9.40 Å². The van der Waals surface area contributed by atoms with Crippen LogP contribution in [0, 0.1) is 5.92 Å². The molecule has 0 atom stereocenters. The third-order valence-electron chi connectivity index (χ3n) is 6.95. The number of nitrogens with zero attached hydrogens (tertiary/aromatic N) is 1. The molecule has 1 aliphatic carbocycles. The highest BCUT2D eigenvalue weighted by molar-refractivity contribution is 6.07. The van der Waals surface area contributed by atoms with Crippen molar-refractivity contribution in [3.63, 3.8) is 0 Å². The predicted molar refractivity (Wildman–Crippen MR) is 133 cm³/mol. The number of rotatable bonds is 4. The molecule has 0 amide bonds. The quantitative estimate of drug-likeness (QED) is 0.293. The van der Waals surface area contributed by atoms with Gasteiger partial charge < -0.3 is 4.42 Å². The number of furan rings is 1. The molecule has 1 aliphatic rings. The van der Waals surface area contributed by atoms with Gasteiger partial charge in [-0.3, -0.25) is 4.98 Å². The fourth-order valence-corrected chi connectivity index (χ4v) is 5.23. The van der Waals surface area contributed by atoms with Gasteiger partial charge in [-0.2, -0.15) is 0 Å². The topological polar surface area (TPSA) is 26.0 Å². The minimum Gasteiger partial charge on any atom is -0.456 e. The summed E-state index contributed by atoms with van der Waals surface area (Å²) in [6.45, 7) is 0. The third kappa shape index (κ3) is 3.71. The van der Waals surface area contributed by atoms with E-state index in [0.29, 0.717) is 0 Å². The van der Waals surface area contributed by atoms with Gasteiger partial charge >= 0.3 is 0 Å². The molecule has 0 aliphatic heterocycles. The van der Waals surface area contributed by atoms with Gasteiger partial charge in [-0.05, 0) is 71.5 Å². The Morgan fingerprint density at radius 2 is 1.53 bits per heavy atom. The SMILES string of the molecule is c1ccc(-c2ccc3c(c2)oc2ccc(-c4cc(CC5CCCCC5)ccn4)cc23)cc1. The molecule has 0 saturated heterocycles. The Kier molecular flexibility index (Phi) is 4.99. The van der Waals surface area contributed by atoms with Gasteiger partial charge in [-0.1, -0.05) is 68.5 Å². The summed E-state index contributed by atoms with van der Waals surface area (Å²) in [6, 6.07) is 27.9. The Balaban J connectivity index is 1.35. The smallest absolute Gasteiger partial charge is 0.136 e. The maximum atomic E-state index is 6.21. The molecule has 158 valence electrons. The largest absolute Gasteiger partial charge is 0.456 e. The number of hydrogen-bond acceptors (Lipinski definition) is 2. The average molecular weight is 418 g/mol. The van der Waals surface area contributed by atoms with Gasteiger partial charge in [0.2, 0.25) is 0 Å². The number of pyridine rings is 1. The number of hydrogen-bond donors (Lipinski definition) is 0. The van der Waals surface area contributed by atoms with Gasteiger partial charge in [-0.25, -0.2) is 0 Å². The zero-order valence-electron chi connectivity index (χ0n) is 18.3. The Bertz CT molecular complexity index is 1380. The van der Waals surface area contributed by atoms with Crippen molar-refractivity contribution in [1.82, 2.24) is 4.98 Å². The highest BCUT2D eigenvalue weighted by atomic mass is 16.3. The lowest BCUT2D eigenvalue weighted by molar-refractivity contribution is 0.356. The molecule has 0 N–H and O–H groups in total. The molecule has 0 bridgehead atoms. The summed E-state index contributed by atoms with van der Waals surface area (Å²) in [5.74, 6) is 0.832. The fraction of sp³-hybridized carbons (Fsp3) is 0.233. The molecule has 2 nitrogen and oxygen atoms in total. The maximum Gasteiger partial charge on any atom is 0.136 e. The van der Waals surface area contributed by atoms with Crippen LogP contribution >= 0.6 is 0 Å². The van der Waals surface area contributed by atoms with E-state index in [0.717, 1.165) is 39.1 Å². The minimum absolute atomic E-state index is 0.832. The highest BCUT2D eigenvalue weighted by Crippen LogP contribution is 2.35. The Morgan fingerprint density at radius 1 is 0.688 bits per heavy atom. The summed E-state index contributed by atoms with van der Waals surface area (Å²) in [6.07, 6.45) is 10.1. The maximum absolute atomic E-state index is 6.21. The first-order chi connectivity index (χ1) is 15.8. The predicted octanol–water partition coefficient (Wildman–Crippen LogP) is 8.44. The Morgan fingerprint density at radius 3 is 2.41 bits per heavy atom. The first kappa shape index (κ1) is 19.3.